The van der Waals surface area contributed by atoms with Gasteiger partial charge >= 0.3 is 6.11 Å². The van der Waals surface area contributed by atoms with Crippen LogP contribution in [0.5, 0.6) is 5.75 Å². The molecular weight excluding hydrogens is 562 g/mol. The van der Waals surface area contributed by atoms with Gasteiger partial charge in [-0.1, -0.05) is 69.0 Å². The van der Waals surface area contributed by atoms with Gasteiger partial charge in [-0.25, -0.2) is 17.6 Å². The van der Waals surface area contributed by atoms with Crippen molar-refractivity contribution in [3.05, 3.63) is 89.0 Å². The highest BCUT2D eigenvalue weighted by molar-refractivity contribution is 5.64. The Balaban J connectivity index is 1.15. The summed E-state index contributed by atoms with van der Waals surface area (Å²) in [7, 11) is 0. The Kier molecular flexibility index (Phi) is 10.1. The van der Waals surface area contributed by atoms with Gasteiger partial charge in [0.2, 0.25) is 0 Å². The van der Waals surface area contributed by atoms with Crippen LogP contribution in [0.4, 0.5) is 26.3 Å². The second-order valence-electron chi connectivity index (χ2n) is 12.5. The van der Waals surface area contributed by atoms with E-state index in [9.17, 15) is 22.0 Å². The highest BCUT2D eigenvalue weighted by Crippen LogP contribution is 2.44. The van der Waals surface area contributed by atoms with Crippen LogP contribution in [0, 0.1) is 35.1 Å². The summed E-state index contributed by atoms with van der Waals surface area (Å²) in [5.41, 5.74) is 3.57. The zero-order valence-corrected chi connectivity index (χ0v) is 24.7. The van der Waals surface area contributed by atoms with E-state index in [1.165, 1.54) is 63.0 Å². The molecule has 0 N–H and O–H groups in total. The van der Waals surface area contributed by atoms with Gasteiger partial charge in [-0.15, -0.1) is 0 Å². The predicted molar refractivity (Wildman–Crippen MR) is 157 cm³/mol. The molecule has 0 spiro atoms. The number of halogens is 6. The molecule has 43 heavy (non-hydrogen) atoms. The molecule has 1 nitrogen and oxygen atoms in total. The van der Waals surface area contributed by atoms with Crippen molar-refractivity contribution in [3.8, 4) is 16.9 Å². The molecule has 0 aliphatic heterocycles. The Morgan fingerprint density at radius 2 is 1.28 bits per heavy atom. The lowest BCUT2D eigenvalue weighted by atomic mass is 9.77. The van der Waals surface area contributed by atoms with E-state index in [-0.39, 0.29) is 24.6 Å². The van der Waals surface area contributed by atoms with Crippen molar-refractivity contribution < 1.29 is 31.1 Å². The van der Waals surface area contributed by atoms with E-state index in [2.05, 4.69) is 35.9 Å². The molecule has 0 bridgehead atoms. The van der Waals surface area contributed by atoms with Gasteiger partial charge in [-0.3, -0.25) is 0 Å². The maximum absolute atomic E-state index is 15.3. The number of benzene rings is 3. The number of ether oxygens (including phenoxy) is 1. The Hall–Kier alpha value is -2.96. The fourth-order valence-corrected chi connectivity index (χ4v) is 7.03. The van der Waals surface area contributed by atoms with Crippen LogP contribution in [-0.2, 0) is 0 Å². The Bertz CT molecular complexity index is 1330. The van der Waals surface area contributed by atoms with Crippen LogP contribution in [0.25, 0.3) is 11.1 Å². The zero-order chi connectivity index (χ0) is 30.6. The molecule has 3 aromatic carbocycles. The third-order valence-corrected chi connectivity index (χ3v) is 9.63. The van der Waals surface area contributed by atoms with E-state index in [0.29, 0.717) is 36.5 Å². The Labute approximate surface area is 250 Å². The smallest absolute Gasteiger partial charge is 0.400 e. The molecule has 0 radical (unpaired) electrons. The van der Waals surface area contributed by atoms with Crippen LogP contribution >= 0.6 is 0 Å². The molecule has 0 saturated heterocycles. The molecule has 0 unspecified atom stereocenters. The number of alkyl halides is 2. The van der Waals surface area contributed by atoms with Gasteiger partial charge in [0, 0.05) is 12.1 Å². The normalized spacial score (nSPS) is 22.9. The second-order valence-corrected chi connectivity index (χ2v) is 12.5. The zero-order valence-electron chi connectivity index (χ0n) is 24.7. The lowest BCUT2D eigenvalue weighted by Gasteiger charge is -2.33. The van der Waals surface area contributed by atoms with E-state index in [0.717, 1.165) is 17.0 Å². The van der Waals surface area contributed by atoms with Gasteiger partial charge in [0.15, 0.2) is 17.5 Å². The minimum Gasteiger partial charge on any atom is -0.432 e. The Morgan fingerprint density at radius 3 is 1.88 bits per heavy atom. The van der Waals surface area contributed by atoms with Crippen molar-refractivity contribution in [1.29, 1.82) is 0 Å². The van der Waals surface area contributed by atoms with Crippen molar-refractivity contribution in [1.82, 2.24) is 0 Å². The van der Waals surface area contributed by atoms with Gasteiger partial charge in [0.1, 0.15) is 11.6 Å². The molecule has 0 aromatic heterocycles. The largest absolute Gasteiger partial charge is 0.432 e. The molecule has 0 heterocycles. The third-order valence-electron chi connectivity index (χ3n) is 9.63. The summed E-state index contributed by atoms with van der Waals surface area (Å²) < 4.78 is 89.5. The van der Waals surface area contributed by atoms with Gasteiger partial charge < -0.3 is 4.74 Å². The topological polar surface area (TPSA) is 9.23 Å². The fourth-order valence-electron chi connectivity index (χ4n) is 7.03. The van der Waals surface area contributed by atoms with E-state index in [4.69, 9.17) is 0 Å². The Morgan fingerprint density at radius 1 is 0.674 bits per heavy atom. The first-order valence-electron chi connectivity index (χ1n) is 15.8. The van der Waals surface area contributed by atoms with E-state index in [1.54, 1.807) is 6.07 Å². The molecule has 2 fully saturated rings. The highest BCUT2D eigenvalue weighted by Gasteiger charge is 2.44. The van der Waals surface area contributed by atoms with Gasteiger partial charge in [0.25, 0.3) is 0 Å². The number of hydrogen-bond acceptors (Lipinski definition) is 1. The first-order chi connectivity index (χ1) is 20.6. The average molecular weight is 603 g/mol. The molecule has 2 saturated carbocycles. The molecule has 2 aliphatic rings. The van der Waals surface area contributed by atoms with Gasteiger partial charge in [0.05, 0.1) is 5.92 Å². The summed E-state index contributed by atoms with van der Waals surface area (Å²) in [6.07, 6.45) is 7.36. The summed E-state index contributed by atoms with van der Waals surface area (Å²) in [5, 5.41) is 0. The number of rotatable bonds is 10. The summed E-state index contributed by atoms with van der Waals surface area (Å²) in [5.74, 6) is -6.05. The van der Waals surface area contributed by atoms with Crippen LogP contribution in [-0.4, -0.2) is 6.11 Å². The number of unbranched alkanes of at least 4 members (excludes halogenated alkanes) is 2. The standard InChI is InChI=1S/C36H40F6O/c1-2-3-4-5-23-6-8-24(9-7-23)25-10-12-26(13-11-25)28-16-19-31(32(37)20-28)27-14-17-29(18-15-27)36(41,42)43-30-21-33(38)35(40)34(39)22-30/h10-13,16,19-24,27,29H,2-9,14-15,17-18H2,1H3. The van der Waals surface area contributed by atoms with Crippen molar-refractivity contribution in [2.45, 2.75) is 102 Å². The third kappa shape index (κ3) is 7.58. The van der Waals surface area contributed by atoms with Crippen LogP contribution in [0.1, 0.15) is 107 Å². The summed E-state index contributed by atoms with van der Waals surface area (Å²) in [6.45, 7) is 2.25. The van der Waals surface area contributed by atoms with Gasteiger partial charge in [-0.2, -0.15) is 8.78 Å². The average Bonchev–Trinajstić information content (AvgIpc) is 3.00. The maximum atomic E-state index is 15.3. The summed E-state index contributed by atoms with van der Waals surface area (Å²) in [6, 6.07) is 14.4. The van der Waals surface area contributed by atoms with Crippen LogP contribution in [0.15, 0.2) is 54.6 Å². The lowest BCUT2D eigenvalue weighted by Crippen LogP contribution is -2.37. The molecule has 5 rings (SSSR count). The summed E-state index contributed by atoms with van der Waals surface area (Å²) >= 11 is 0. The van der Waals surface area contributed by atoms with Crippen molar-refractivity contribution in [2.75, 3.05) is 0 Å². The van der Waals surface area contributed by atoms with E-state index in [1.807, 2.05) is 6.07 Å². The molecule has 0 atom stereocenters. The minimum absolute atomic E-state index is 0.0487. The first-order valence-corrected chi connectivity index (χ1v) is 15.8. The quantitative estimate of drug-likeness (QED) is 0.127. The predicted octanol–water partition coefficient (Wildman–Crippen LogP) is 11.7. The molecular formula is C36H40F6O. The van der Waals surface area contributed by atoms with Crippen molar-refractivity contribution >= 4 is 0 Å². The maximum Gasteiger partial charge on any atom is 0.400 e. The molecule has 0 amide bonds. The fraction of sp³-hybridized carbons (Fsp3) is 0.500. The molecule has 7 heteroatoms. The minimum atomic E-state index is -3.70. The summed E-state index contributed by atoms with van der Waals surface area (Å²) in [4.78, 5) is 0. The first kappa shape index (κ1) is 31.5. The van der Waals surface area contributed by atoms with Crippen LogP contribution < -0.4 is 4.74 Å². The molecule has 3 aromatic rings. The van der Waals surface area contributed by atoms with Crippen LogP contribution in [0.2, 0.25) is 0 Å². The molecule has 232 valence electrons. The highest BCUT2D eigenvalue weighted by atomic mass is 19.3. The second kappa shape index (κ2) is 13.8. The van der Waals surface area contributed by atoms with E-state index < -0.39 is 35.2 Å². The van der Waals surface area contributed by atoms with Crippen molar-refractivity contribution in [3.63, 3.8) is 0 Å². The van der Waals surface area contributed by atoms with Gasteiger partial charge in [-0.05, 0) is 97.4 Å². The SMILES string of the molecule is CCCCCC1CCC(c2ccc(-c3ccc(C4CCC(C(F)(F)Oc5cc(F)c(F)c(F)c5)CC4)c(F)c3)cc2)CC1. The van der Waals surface area contributed by atoms with E-state index >= 15 is 4.39 Å². The number of hydrogen-bond donors (Lipinski definition) is 0. The monoisotopic (exact) mass is 602 g/mol. The van der Waals surface area contributed by atoms with Crippen molar-refractivity contribution in [2.24, 2.45) is 11.8 Å². The lowest BCUT2D eigenvalue weighted by molar-refractivity contribution is -0.222. The molecule has 2 aliphatic carbocycles. The van der Waals surface area contributed by atoms with Crippen LogP contribution in [0.3, 0.4) is 0 Å².